The molecular weight excluding hydrogens is 577 g/mol. The Hall–Kier alpha value is -5.72. The Labute approximate surface area is 282 Å². The lowest BCUT2D eigenvalue weighted by Crippen LogP contribution is -2.27. The molecule has 0 N–H and O–H groups in total. The summed E-state index contributed by atoms with van der Waals surface area (Å²) in [6, 6.07) is 49.5. The molecular formula is C48H36. The first-order chi connectivity index (χ1) is 23.6. The van der Waals surface area contributed by atoms with Crippen molar-refractivity contribution in [3.63, 3.8) is 0 Å². The van der Waals surface area contributed by atoms with Gasteiger partial charge in [-0.15, -0.1) is 0 Å². The average Bonchev–Trinajstić information content (AvgIpc) is 3.13. The summed E-state index contributed by atoms with van der Waals surface area (Å²) < 4.78 is 0. The highest BCUT2D eigenvalue weighted by Crippen LogP contribution is 2.54. The third kappa shape index (κ3) is 4.37. The first-order valence-corrected chi connectivity index (χ1v) is 17.0. The molecule has 0 aliphatic heterocycles. The monoisotopic (exact) mass is 612 g/mol. The van der Waals surface area contributed by atoms with Crippen LogP contribution in [0.15, 0.2) is 182 Å². The van der Waals surface area contributed by atoms with E-state index in [0.717, 1.165) is 0 Å². The predicted molar refractivity (Wildman–Crippen MR) is 206 cm³/mol. The number of hydrogen-bond donors (Lipinski definition) is 0. The third-order valence-corrected chi connectivity index (χ3v) is 10.8. The lowest BCUT2D eigenvalue weighted by atomic mass is 9.63. The van der Waals surface area contributed by atoms with E-state index in [2.05, 4.69) is 190 Å². The molecule has 0 bridgehead atoms. The van der Waals surface area contributed by atoms with E-state index in [4.69, 9.17) is 0 Å². The number of benzene rings is 7. The van der Waals surface area contributed by atoms with Crippen LogP contribution in [-0.2, 0) is 0 Å². The molecule has 9 rings (SSSR count). The maximum atomic E-state index is 2.48. The molecule has 0 heteroatoms. The third-order valence-electron chi connectivity index (χ3n) is 10.8. The van der Waals surface area contributed by atoms with Crippen LogP contribution in [0, 0.1) is 12.3 Å². The standard InChI is InChI=1S/C48H36/c1-32-15-12-25-38(45(32)34-17-4-3-5-18-34)35-28-29-42-43(31-35)46(39-26-13-19-33-16-6-7-22-37(33)39)40-23-8-9-24-41(40)47(42)44-27-14-21-36-20-10-11-30-48(36,44)2/h3-31,44H,1-2H3. The van der Waals surface area contributed by atoms with E-state index in [1.807, 2.05) is 0 Å². The Morgan fingerprint density at radius 3 is 2.10 bits per heavy atom. The van der Waals surface area contributed by atoms with Gasteiger partial charge in [-0.05, 0) is 95.4 Å². The highest BCUT2D eigenvalue weighted by atomic mass is 14.4. The van der Waals surface area contributed by atoms with Gasteiger partial charge in [-0.1, -0.05) is 177 Å². The minimum Gasteiger partial charge on any atom is -0.0758 e. The summed E-state index contributed by atoms with van der Waals surface area (Å²) in [5.74, 6) is 0.178. The van der Waals surface area contributed by atoms with Gasteiger partial charge in [0.1, 0.15) is 0 Å². The summed E-state index contributed by atoms with van der Waals surface area (Å²) in [6.45, 7) is 4.63. The Morgan fingerprint density at radius 1 is 0.521 bits per heavy atom. The molecule has 0 fully saturated rings. The summed E-state index contributed by atoms with van der Waals surface area (Å²) >= 11 is 0. The molecule has 228 valence electrons. The number of fused-ring (bicyclic) bond motifs is 4. The van der Waals surface area contributed by atoms with Crippen LogP contribution in [0.5, 0.6) is 0 Å². The Bertz CT molecular complexity index is 2520. The summed E-state index contributed by atoms with van der Waals surface area (Å²) in [5.41, 5.74) is 11.5. The molecule has 0 amide bonds. The largest absolute Gasteiger partial charge is 0.0758 e. The fourth-order valence-corrected chi connectivity index (χ4v) is 8.42. The fourth-order valence-electron chi connectivity index (χ4n) is 8.42. The quantitative estimate of drug-likeness (QED) is 0.174. The fraction of sp³-hybridized carbons (Fsp3) is 0.0833. The molecule has 2 atom stereocenters. The van der Waals surface area contributed by atoms with Crippen molar-refractivity contribution in [1.29, 1.82) is 0 Å². The molecule has 0 saturated heterocycles. The zero-order valence-electron chi connectivity index (χ0n) is 27.3. The summed E-state index contributed by atoms with van der Waals surface area (Å²) in [7, 11) is 0. The van der Waals surface area contributed by atoms with Crippen LogP contribution in [0.2, 0.25) is 0 Å². The molecule has 0 heterocycles. The van der Waals surface area contributed by atoms with E-state index in [0.29, 0.717) is 0 Å². The van der Waals surface area contributed by atoms with E-state index in [1.165, 1.54) is 82.4 Å². The second-order valence-corrected chi connectivity index (χ2v) is 13.5. The molecule has 0 spiro atoms. The number of aryl methyl sites for hydroxylation is 1. The molecule has 0 radical (unpaired) electrons. The van der Waals surface area contributed by atoms with E-state index in [-0.39, 0.29) is 11.3 Å². The first-order valence-electron chi connectivity index (χ1n) is 17.0. The van der Waals surface area contributed by atoms with Crippen molar-refractivity contribution >= 4 is 32.3 Å². The highest BCUT2D eigenvalue weighted by Gasteiger charge is 2.38. The Morgan fingerprint density at radius 2 is 1.23 bits per heavy atom. The van der Waals surface area contributed by atoms with Crippen molar-refractivity contribution in [2.45, 2.75) is 19.8 Å². The second-order valence-electron chi connectivity index (χ2n) is 13.5. The summed E-state index contributed by atoms with van der Waals surface area (Å²) in [4.78, 5) is 0. The molecule has 0 nitrogen and oxygen atoms in total. The van der Waals surface area contributed by atoms with E-state index in [1.54, 1.807) is 0 Å². The Kier molecular flexibility index (Phi) is 6.66. The second kappa shape index (κ2) is 11.2. The highest BCUT2D eigenvalue weighted by molar-refractivity contribution is 6.19. The first kappa shape index (κ1) is 28.5. The summed E-state index contributed by atoms with van der Waals surface area (Å²) in [5, 5.41) is 7.76. The molecule has 2 unspecified atom stereocenters. The molecule has 7 aromatic rings. The van der Waals surface area contributed by atoms with Crippen LogP contribution in [0.1, 0.15) is 24.0 Å². The van der Waals surface area contributed by atoms with Gasteiger partial charge < -0.3 is 0 Å². The van der Waals surface area contributed by atoms with Crippen LogP contribution >= 0.6 is 0 Å². The lowest BCUT2D eigenvalue weighted by Gasteiger charge is -2.40. The van der Waals surface area contributed by atoms with Gasteiger partial charge >= 0.3 is 0 Å². The van der Waals surface area contributed by atoms with Gasteiger partial charge in [0.2, 0.25) is 0 Å². The van der Waals surface area contributed by atoms with Crippen LogP contribution in [0.25, 0.3) is 65.7 Å². The molecule has 2 aliphatic rings. The average molecular weight is 613 g/mol. The minimum atomic E-state index is -0.143. The van der Waals surface area contributed by atoms with E-state index < -0.39 is 0 Å². The van der Waals surface area contributed by atoms with Gasteiger partial charge in [-0.2, -0.15) is 0 Å². The molecule has 0 aromatic heterocycles. The SMILES string of the molecule is Cc1cccc(-c2ccc3c(C4C=CC=C5C=CC=CC54C)c4ccccc4c(-c4cccc5ccccc45)c3c2)c1-c1ccccc1. The van der Waals surface area contributed by atoms with Gasteiger partial charge in [0, 0.05) is 11.3 Å². The van der Waals surface area contributed by atoms with Gasteiger partial charge in [0.15, 0.2) is 0 Å². The zero-order chi connectivity index (χ0) is 32.2. The number of allylic oxidation sites excluding steroid dienone is 8. The predicted octanol–water partition coefficient (Wildman–Crippen LogP) is 13.2. The van der Waals surface area contributed by atoms with Crippen molar-refractivity contribution in [2.75, 3.05) is 0 Å². The van der Waals surface area contributed by atoms with Crippen LogP contribution in [0.3, 0.4) is 0 Å². The lowest BCUT2D eigenvalue weighted by molar-refractivity contribution is 0.463. The Balaban J connectivity index is 1.42. The number of rotatable bonds is 4. The van der Waals surface area contributed by atoms with E-state index in [9.17, 15) is 0 Å². The minimum absolute atomic E-state index is 0.143. The van der Waals surface area contributed by atoms with Gasteiger partial charge in [-0.3, -0.25) is 0 Å². The van der Waals surface area contributed by atoms with Crippen molar-refractivity contribution in [1.82, 2.24) is 0 Å². The van der Waals surface area contributed by atoms with Gasteiger partial charge in [0.05, 0.1) is 0 Å². The van der Waals surface area contributed by atoms with Crippen LogP contribution in [0.4, 0.5) is 0 Å². The topological polar surface area (TPSA) is 0 Å². The molecule has 7 aromatic carbocycles. The maximum absolute atomic E-state index is 2.48. The van der Waals surface area contributed by atoms with Gasteiger partial charge in [-0.25, -0.2) is 0 Å². The zero-order valence-corrected chi connectivity index (χ0v) is 27.3. The van der Waals surface area contributed by atoms with Crippen LogP contribution < -0.4 is 0 Å². The van der Waals surface area contributed by atoms with Crippen molar-refractivity contribution in [2.24, 2.45) is 5.41 Å². The summed E-state index contributed by atoms with van der Waals surface area (Å²) in [6.07, 6.45) is 16.0. The smallest absolute Gasteiger partial charge is 0.0210 e. The van der Waals surface area contributed by atoms with Gasteiger partial charge in [0.25, 0.3) is 0 Å². The van der Waals surface area contributed by atoms with Crippen LogP contribution in [-0.4, -0.2) is 0 Å². The number of hydrogen-bond acceptors (Lipinski definition) is 0. The maximum Gasteiger partial charge on any atom is 0.0210 e. The molecule has 2 aliphatic carbocycles. The van der Waals surface area contributed by atoms with Crippen molar-refractivity contribution in [3.8, 4) is 33.4 Å². The molecule has 0 saturated carbocycles. The van der Waals surface area contributed by atoms with E-state index >= 15 is 0 Å². The van der Waals surface area contributed by atoms with Crippen molar-refractivity contribution in [3.05, 3.63) is 193 Å². The normalized spacial score (nSPS) is 18.4. The molecule has 48 heavy (non-hydrogen) atoms. The van der Waals surface area contributed by atoms with Crippen molar-refractivity contribution < 1.29 is 0 Å².